The van der Waals surface area contributed by atoms with Gasteiger partial charge in [0.05, 0.1) is 0 Å². The van der Waals surface area contributed by atoms with E-state index < -0.39 is 0 Å². The van der Waals surface area contributed by atoms with Gasteiger partial charge >= 0.3 is 0 Å². The molecule has 11 heavy (non-hydrogen) atoms. The predicted molar refractivity (Wildman–Crippen MR) is 42.8 cm³/mol. The summed E-state index contributed by atoms with van der Waals surface area (Å²) in [6.07, 6.45) is 0. The molecule has 0 amide bonds. The Balaban J connectivity index is 0.000000605. The van der Waals surface area contributed by atoms with Crippen molar-refractivity contribution in [2.75, 3.05) is 0 Å². The van der Waals surface area contributed by atoms with E-state index in [-0.39, 0.29) is 20.4 Å². The minimum Gasteiger partial charge on any atom is -0.0616 e. The molecule has 0 saturated heterocycles. The van der Waals surface area contributed by atoms with Crippen LogP contribution in [0.2, 0.25) is 0 Å². The second-order valence-corrected chi connectivity index (χ2v) is 2.26. The largest absolute Gasteiger partial charge is 0.0616 e. The molecular weight excluding hydrogens is 227 g/mol. The Morgan fingerprint density at radius 3 is 2.45 bits per heavy atom. The van der Waals surface area contributed by atoms with Crippen molar-refractivity contribution >= 4 is 10.8 Å². The van der Waals surface area contributed by atoms with Gasteiger partial charge in [0.1, 0.15) is 0 Å². The quantitative estimate of drug-likeness (QED) is 0.614. The maximum atomic E-state index is 3.15. The fourth-order valence-corrected chi connectivity index (χ4v) is 1.06. The van der Waals surface area contributed by atoms with Crippen LogP contribution < -0.4 is 0 Å². The van der Waals surface area contributed by atoms with Crippen molar-refractivity contribution in [3.05, 3.63) is 48.5 Å². The average molecular weight is 234 g/mol. The van der Waals surface area contributed by atoms with Gasteiger partial charge in [0, 0.05) is 20.4 Å². The summed E-state index contributed by atoms with van der Waals surface area (Å²) in [6.45, 7) is 0. The van der Waals surface area contributed by atoms with Crippen LogP contribution in [0.5, 0.6) is 0 Å². The van der Waals surface area contributed by atoms with Crippen LogP contribution in [0.3, 0.4) is 0 Å². The van der Waals surface area contributed by atoms with Crippen molar-refractivity contribution in [1.29, 1.82) is 0 Å². The summed E-state index contributed by atoms with van der Waals surface area (Å²) in [5, 5.41) is 2.44. The van der Waals surface area contributed by atoms with Crippen LogP contribution >= 0.6 is 0 Å². The monoisotopic (exact) mass is 233 g/mol. The Bertz CT molecular complexity index is 276. The Labute approximate surface area is 79.9 Å². The molecule has 0 bridgehead atoms. The fourth-order valence-electron chi connectivity index (χ4n) is 1.06. The molecule has 2 aromatic rings. The van der Waals surface area contributed by atoms with Crippen LogP contribution in [0.1, 0.15) is 0 Å². The predicted octanol–water partition coefficient (Wildman–Crippen LogP) is 2.64. The Morgan fingerprint density at radius 2 is 1.64 bits per heavy atom. The molecule has 2 rings (SSSR count). The average Bonchev–Trinajstić information content (AvgIpc) is 2.05. The molecule has 0 saturated carbocycles. The maximum absolute atomic E-state index is 3.15. The number of fused-ring (bicyclic) bond motifs is 1. The van der Waals surface area contributed by atoms with Gasteiger partial charge in [0.15, 0.2) is 0 Å². The van der Waals surface area contributed by atoms with E-state index in [9.17, 15) is 0 Å². The molecule has 0 fully saturated rings. The van der Waals surface area contributed by atoms with Gasteiger partial charge in [-0.1, -0.05) is 42.5 Å². The molecule has 1 radical (unpaired) electrons. The van der Waals surface area contributed by atoms with Crippen molar-refractivity contribution in [2.45, 2.75) is 0 Å². The third-order valence-corrected chi connectivity index (χ3v) is 1.57. The fraction of sp³-hybridized carbons (Fsp3) is 0. The molecule has 0 aromatic heterocycles. The standard InChI is InChI=1S/C10H7.Pd/c1-2-6-10-8-4-3-7-9(10)5-1;/h1-7H;. The molecule has 0 aliphatic carbocycles. The van der Waals surface area contributed by atoms with Gasteiger partial charge in [-0.15, -0.1) is 0 Å². The van der Waals surface area contributed by atoms with Crippen LogP contribution in [-0.4, -0.2) is 0 Å². The zero-order chi connectivity index (χ0) is 6.81. The third-order valence-electron chi connectivity index (χ3n) is 1.57. The third kappa shape index (κ3) is 1.68. The summed E-state index contributed by atoms with van der Waals surface area (Å²) >= 11 is 0. The number of rotatable bonds is 0. The van der Waals surface area contributed by atoms with E-state index in [1.165, 1.54) is 10.8 Å². The van der Waals surface area contributed by atoms with Gasteiger partial charge in [-0.2, -0.15) is 0 Å². The van der Waals surface area contributed by atoms with Crippen molar-refractivity contribution in [3.63, 3.8) is 0 Å². The van der Waals surface area contributed by atoms with Crippen LogP contribution in [0.15, 0.2) is 42.5 Å². The molecule has 0 N–H and O–H groups in total. The second-order valence-electron chi connectivity index (χ2n) is 2.26. The zero-order valence-electron chi connectivity index (χ0n) is 5.86. The van der Waals surface area contributed by atoms with Gasteiger partial charge < -0.3 is 0 Å². The molecular formula is C10H7Pd. The van der Waals surface area contributed by atoms with Gasteiger partial charge in [-0.3, -0.25) is 0 Å². The van der Waals surface area contributed by atoms with E-state index >= 15 is 0 Å². The van der Waals surface area contributed by atoms with Crippen LogP contribution in [0.25, 0.3) is 10.8 Å². The minimum atomic E-state index is 0. The summed E-state index contributed by atoms with van der Waals surface area (Å²) in [5.41, 5.74) is 0. The van der Waals surface area contributed by atoms with E-state index in [4.69, 9.17) is 0 Å². The van der Waals surface area contributed by atoms with E-state index in [0.29, 0.717) is 0 Å². The van der Waals surface area contributed by atoms with Crippen LogP contribution in [0.4, 0.5) is 0 Å². The zero-order valence-corrected chi connectivity index (χ0v) is 7.41. The SMILES string of the molecule is [Pd].[c]1cccc2ccccc12. The molecule has 0 unspecified atom stereocenters. The summed E-state index contributed by atoms with van der Waals surface area (Å²) in [4.78, 5) is 0. The van der Waals surface area contributed by atoms with Gasteiger partial charge in [0.25, 0.3) is 0 Å². The number of hydrogen-bond acceptors (Lipinski definition) is 0. The maximum Gasteiger partial charge on any atom is 0 e. The normalized spacial score (nSPS) is 9.09. The first-order chi connectivity index (χ1) is 4.97. The summed E-state index contributed by atoms with van der Waals surface area (Å²) < 4.78 is 0. The molecule has 0 spiro atoms. The van der Waals surface area contributed by atoms with Gasteiger partial charge in [-0.25, -0.2) is 0 Å². The van der Waals surface area contributed by atoms with Crippen molar-refractivity contribution < 1.29 is 20.4 Å². The van der Waals surface area contributed by atoms with E-state index in [0.717, 1.165) is 0 Å². The van der Waals surface area contributed by atoms with Crippen molar-refractivity contribution in [3.8, 4) is 0 Å². The Hall–Kier alpha value is -0.638. The summed E-state index contributed by atoms with van der Waals surface area (Å²) in [7, 11) is 0. The number of benzene rings is 2. The first-order valence-corrected chi connectivity index (χ1v) is 3.32. The molecule has 2 aromatic carbocycles. The molecule has 0 heterocycles. The number of hydrogen-bond donors (Lipinski definition) is 0. The first kappa shape index (κ1) is 8.46. The van der Waals surface area contributed by atoms with E-state index in [2.05, 4.69) is 24.3 Å². The Morgan fingerprint density at radius 1 is 0.909 bits per heavy atom. The molecule has 0 atom stereocenters. The summed E-state index contributed by atoms with van der Waals surface area (Å²) in [5.74, 6) is 0. The smallest absolute Gasteiger partial charge is 0 e. The van der Waals surface area contributed by atoms with Gasteiger partial charge in [-0.05, 0) is 16.8 Å². The van der Waals surface area contributed by atoms with Gasteiger partial charge in [0.2, 0.25) is 0 Å². The van der Waals surface area contributed by atoms with Crippen LogP contribution in [-0.2, 0) is 20.4 Å². The Kier molecular flexibility index (Phi) is 2.82. The molecule has 0 aliphatic rings. The van der Waals surface area contributed by atoms with E-state index in [1.807, 2.05) is 24.3 Å². The minimum absolute atomic E-state index is 0. The van der Waals surface area contributed by atoms with Crippen molar-refractivity contribution in [2.24, 2.45) is 0 Å². The molecule has 57 valence electrons. The van der Waals surface area contributed by atoms with Crippen molar-refractivity contribution in [1.82, 2.24) is 0 Å². The molecule has 1 heteroatoms. The topological polar surface area (TPSA) is 0 Å². The first-order valence-electron chi connectivity index (χ1n) is 3.32. The summed E-state index contributed by atoms with van der Waals surface area (Å²) in [6, 6.07) is 17.4. The van der Waals surface area contributed by atoms with Crippen LogP contribution in [0, 0.1) is 6.07 Å². The second kappa shape index (κ2) is 3.67. The van der Waals surface area contributed by atoms with E-state index in [1.54, 1.807) is 0 Å². The molecule has 0 aliphatic heterocycles. The molecule has 0 nitrogen and oxygen atoms in total.